The molecule has 3 rings (SSSR count). The van der Waals surface area contributed by atoms with Crippen molar-refractivity contribution >= 4 is 21.8 Å². The quantitative estimate of drug-likeness (QED) is 0.647. The van der Waals surface area contributed by atoms with E-state index in [0.717, 1.165) is 11.1 Å². The van der Waals surface area contributed by atoms with E-state index in [1.807, 2.05) is 26.0 Å². The molecule has 0 bridgehead atoms. The number of rotatable bonds is 6. The van der Waals surface area contributed by atoms with E-state index < -0.39 is 15.9 Å². The van der Waals surface area contributed by atoms with Crippen LogP contribution in [-0.4, -0.2) is 49.2 Å². The van der Waals surface area contributed by atoms with Crippen LogP contribution in [0, 0.1) is 19.8 Å². The van der Waals surface area contributed by atoms with Crippen molar-refractivity contribution in [3.8, 4) is 5.75 Å². The number of hydrazine groups is 1. The Bertz CT molecular complexity index is 1030. The maximum atomic E-state index is 12.6. The number of hydrogen-bond acceptors (Lipinski definition) is 6. The van der Waals surface area contributed by atoms with Gasteiger partial charge in [0.05, 0.1) is 0 Å². The van der Waals surface area contributed by atoms with Crippen LogP contribution in [0.5, 0.6) is 5.75 Å². The lowest BCUT2D eigenvalue weighted by Crippen LogP contribution is -2.49. The first-order chi connectivity index (χ1) is 14.8. The van der Waals surface area contributed by atoms with Crippen LogP contribution in [0.25, 0.3) is 0 Å². The lowest BCUT2D eigenvalue weighted by Gasteiger charge is -2.30. The Balaban J connectivity index is 1.42. The molecule has 1 aliphatic heterocycles. The molecular formula is C21H26N4O5S. The highest BCUT2D eigenvalue weighted by Crippen LogP contribution is 2.23. The van der Waals surface area contributed by atoms with Crippen molar-refractivity contribution in [1.82, 2.24) is 20.1 Å². The number of carbonyl (C=O) groups is 2. The Morgan fingerprint density at radius 3 is 2.52 bits per heavy atom. The van der Waals surface area contributed by atoms with Crippen LogP contribution in [0.3, 0.4) is 0 Å². The van der Waals surface area contributed by atoms with Crippen molar-refractivity contribution < 1.29 is 22.7 Å². The molecule has 1 aromatic carbocycles. The number of aromatic nitrogens is 1. The fourth-order valence-electron chi connectivity index (χ4n) is 3.23. The molecule has 9 nitrogen and oxygen atoms in total. The summed E-state index contributed by atoms with van der Waals surface area (Å²) in [6, 6.07) is 8.59. The monoisotopic (exact) mass is 446 g/mol. The van der Waals surface area contributed by atoms with Gasteiger partial charge in [-0.3, -0.25) is 25.4 Å². The smallest absolute Gasteiger partial charge is 0.276 e. The highest BCUT2D eigenvalue weighted by atomic mass is 32.2. The summed E-state index contributed by atoms with van der Waals surface area (Å²) < 4.78 is 32.0. The molecule has 1 fully saturated rings. The number of amides is 2. The Hall–Kier alpha value is -2.98. The Labute approximate surface area is 181 Å². The molecule has 1 aliphatic rings. The van der Waals surface area contributed by atoms with Gasteiger partial charge >= 0.3 is 0 Å². The SMILES string of the molecule is Cc1ccc(OCC(=O)NNC(=O)C2CCN(S(=O)(=O)c3cccnc3)CC2)cc1C. The van der Waals surface area contributed by atoms with Crippen LogP contribution in [0.1, 0.15) is 24.0 Å². The summed E-state index contributed by atoms with van der Waals surface area (Å²) >= 11 is 0. The van der Waals surface area contributed by atoms with Gasteiger partial charge in [-0.1, -0.05) is 6.07 Å². The van der Waals surface area contributed by atoms with Crippen LogP contribution in [0.2, 0.25) is 0 Å². The molecular weight excluding hydrogens is 420 g/mol. The molecule has 0 aliphatic carbocycles. The van der Waals surface area contributed by atoms with Gasteiger partial charge in [-0.25, -0.2) is 8.42 Å². The number of piperidine rings is 1. The first kappa shape index (κ1) is 22.7. The van der Waals surface area contributed by atoms with Crippen molar-refractivity contribution in [2.75, 3.05) is 19.7 Å². The second-order valence-electron chi connectivity index (χ2n) is 7.44. The second-order valence-corrected chi connectivity index (χ2v) is 9.38. The molecule has 0 radical (unpaired) electrons. The second kappa shape index (κ2) is 9.88. The molecule has 0 saturated carbocycles. The van der Waals surface area contributed by atoms with Gasteiger partial charge in [0, 0.05) is 31.4 Å². The number of nitrogens with one attached hydrogen (secondary N) is 2. The van der Waals surface area contributed by atoms with Crippen molar-refractivity contribution in [2.24, 2.45) is 5.92 Å². The number of sulfonamides is 1. The zero-order valence-electron chi connectivity index (χ0n) is 17.5. The predicted octanol–water partition coefficient (Wildman–Crippen LogP) is 1.33. The van der Waals surface area contributed by atoms with Gasteiger partial charge in [0.1, 0.15) is 10.6 Å². The van der Waals surface area contributed by atoms with Crippen molar-refractivity contribution in [3.05, 3.63) is 53.9 Å². The van der Waals surface area contributed by atoms with E-state index in [9.17, 15) is 18.0 Å². The van der Waals surface area contributed by atoms with E-state index in [2.05, 4.69) is 15.8 Å². The Kier molecular flexibility index (Phi) is 7.24. The summed E-state index contributed by atoms with van der Waals surface area (Å²) in [5.41, 5.74) is 6.92. The third-order valence-corrected chi connectivity index (χ3v) is 7.15. The highest BCUT2D eigenvalue weighted by molar-refractivity contribution is 7.89. The van der Waals surface area contributed by atoms with Crippen LogP contribution >= 0.6 is 0 Å². The largest absolute Gasteiger partial charge is 0.484 e. The molecule has 2 amide bonds. The van der Waals surface area contributed by atoms with Crippen LogP contribution in [0.15, 0.2) is 47.6 Å². The van der Waals surface area contributed by atoms with Crippen molar-refractivity contribution in [1.29, 1.82) is 0 Å². The van der Waals surface area contributed by atoms with Gasteiger partial charge in [0.25, 0.3) is 5.91 Å². The standard InChI is InChI=1S/C21H26N4O5S/c1-15-5-6-18(12-16(15)2)30-14-20(26)23-24-21(27)17-7-10-25(11-8-17)31(28,29)19-4-3-9-22-13-19/h3-6,9,12-13,17H,7-8,10-11,14H2,1-2H3,(H,23,26)(H,24,27). The maximum absolute atomic E-state index is 12.6. The summed E-state index contributed by atoms with van der Waals surface area (Å²) in [7, 11) is -3.62. The zero-order chi connectivity index (χ0) is 22.4. The Morgan fingerprint density at radius 2 is 1.87 bits per heavy atom. The van der Waals surface area contributed by atoms with Gasteiger partial charge in [0.2, 0.25) is 15.9 Å². The molecule has 166 valence electrons. The number of ether oxygens (including phenoxy) is 1. The van der Waals surface area contributed by atoms with Crippen molar-refractivity contribution in [2.45, 2.75) is 31.6 Å². The van der Waals surface area contributed by atoms with E-state index in [-0.39, 0.29) is 36.4 Å². The molecule has 2 heterocycles. The molecule has 0 atom stereocenters. The zero-order valence-corrected chi connectivity index (χ0v) is 18.3. The average Bonchev–Trinajstić information content (AvgIpc) is 2.79. The van der Waals surface area contributed by atoms with Crippen LogP contribution < -0.4 is 15.6 Å². The van der Waals surface area contributed by atoms with E-state index in [1.54, 1.807) is 12.1 Å². The van der Waals surface area contributed by atoms with E-state index >= 15 is 0 Å². The number of benzene rings is 1. The number of aryl methyl sites for hydroxylation is 2. The van der Waals surface area contributed by atoms with Crippen LogP contribution in [-0.2, 0) is 19.6 Å². The molecule has 10 heteroatoms. The molecule has 0 unspecified atom stereocenters. The van der Waals surface area contributed by atoms with Crippen LogP contribution in [0.4, 0.5) is 0 Å². The molecule has 1 saturated heterocycles. The minimum atomic E-state index is -3.62. The average molecular weight is 447 g/mol. The number of carbonyl (C=O) groups excluding carboxylic acids is 2. The fourth-order valence-corrected chi connectivity index (χ4v) is 4.66. The summed E-state index contributed by atoms with van der Waals surface area (Å²) in [6.45, 7) is 4.15. The lowest BCUT2D eigenvalue weighted by atomic mass is 9.98. The first-order valence-corrected chi connectivity index (χ1v) is 11.4. The predicted molar refractivity (Wildman–Crippen MR) is 113 cm³/mol. The minimum Gasteiger partial charge on any atom is -0.484 e. The van der Waals surface area contributed by atoms with E-state index in [1.165, 1.54) is 22.8 Å². The van der Waals surface area contributed by atoms with Gasteiger partial charge in [0.15, 0.2) is 6.61 Å². The molecule has 2 aromatic rings. The topological polar surface area (TPSA) is 118 Å². The van der Waals surface area contributed by atoms with Crippen molar-refractivity contribution in [3.63, 3.8) is 0 Å². The van der Waals surface area contributed by atoms with E-state index in [4.69, 9.17) is 4.74 Å². The van der Waals surface area contributed by atoms with Gasteiger partial charge < -0.3 is 4.74 Å². The number of hydrogen-bond donors (Lipinski definition) is 2. The van der Waals surface area contributed by atoms with Gasteiger partial charge in [-0.2, -0.15) is 4.31 Å². The first-order valence-electron chi connectivity index (χ1n) is 9.96. The summed E-state index contributed by atoms with van der Waals surface area (Å²) in [5.74, 6) is -0.644. The third-order valence-electron chi connectivity index (χ3n) is 5.27. The highest BCUT2D eigenvalue weighted by Gasteiger charge is 2.32. The number of pyridine rings is 1. The summed E-state index contributed by atoms with van der Waals surface area (Å²) in [6.07, 6.45) is 3.54. The number of nitrogens with zero attached hydrogens (tertiary/aromatic N) is 2. The molecule has 2 N–H and O–H groups in total. The summed E-state index contributed by atoms with van der Waals surface area (Å²) in [4.78, 5) is 28.3. The normalized spacial score (nSPS) is 15.3. The molecule has 31 heavy (non-hydrogen) atoms. The van der Waals surface area contributed by atoms with E-state index in [0.29, 0.717) is 18.6 Å². The summed E-state index contributed by atoms with van der Waals surface area (Å²) in [5, 5.41) is 0. The van der Waals surface area contributed by atoms with Gasteiger partial charge in [-0.15, -0.1) is 0 Å². The molecule has 1 aromatic heterocycles. The molecule has 0 spiro atoms. The Morgan fingerprint density at radius 1 is 1.13 bits per heavy atom. The minimum absolute atomic E-state index is 0.133. The van der Waals surface area contributed by atoms with Gasteiger partial charge in [-0.05, 0) is 62.1 Å². The fraction of sp³-hybridized carbons (Fsp3) is 0.381. The third kappa shape index (κ3) is 5.80. The lowest BCUT2D eigenvalue weighted by molar-refractivity contribution is -0.132. The maximum Gasteiger partial charge on any atom is 0.276 e.